The van der Waals surface area contributed by atoms with E-state index in [-0.39, 0.29) is 16.6 Å². The molecule has 0 fully saturated rings. The van der Waals surface area contributed by atoms with E-state index in [9.17, 15) is 5.11 Å². The lowest BCUT2D eigenvalue weighted by atomic mass is 9.70. The standard InChI is InChI=1S/C30H37N3O/c1-20-13-12-16-24-26(20)32-33(31-24)25-18-22(29(5,6)19-28(2,3)4)17-23(27(25)34)30(7,8)21-14-10-9-11-15-21/h9-18,34H,19H2,1-8H3. The summed E-state index contributed by atoms with van der Waals surface area (Å²) in [4.78, 5) is 1.61. The molecule has 4 aromatic rings. The van der Waals surface area contributed by atoms with Crippen molar-refractivity contribution in [3.05, 3.63) is 82.9 Å². The fourth-order valence-corrected chi connectivity index (χ4v) is 5.26. The summed E-state index contributed by atoms with van der Waals surface area (Å²) in [7, 11) is 0. The van der Waals surface area contributed by atoms with E-state index in [0.29, 0.717) is 5.69 Å². The van der Waals surface area contributed by atoms with Crippen LogP contribution >= 0.6 is 0 Å². The molecule has 3 aromatic carbocycles. The molecule has 0 aliphatic rings. The van der Waals surface area contributed by atoms with Crippen LogP contribution in [0.2, 0.25) is 0 Å². The van der Waals surface area contributed by atoms with Crippen LogP contribution < -0.4 is 0 Å². The second-order valence-corrected chi connectivity index (χ2v) is 11.9. The van der Waals surface area contributed by atoms with Gasteiger partial charge in [-0.3, -0.25) is 0 Å². The number of aryl methyl sites for hydroxylation is 1. The van der Waals surface area contributed by atoms with E-state index in [1.54, 1.807) is 4.80 Å². The summed E-state index contributed by atoms with van der Waals surface area (Å²) in [6, 6.07) is 20.6. The molecular weight excluding hydrogens is 418 g/mol. The third-order valence-electron chi connectivity index (χ3n) is 6.84. The highest BCUT2D eigenvalue weighted by molar-refractivity contribution is 5.77. The summed E-state index contributed by atoms with van der Waals surface area (Å²) in [5.74, 6) is 0.224. The Kier molecular flexibility index (Phi) is 5.83. The van der Waals surface area contributed by atoms with Crippen molar-refractivity contribution in [2.45, 2.75) is 72.6 Å². The fraction of sp³-hybridized carbons (Fsp3) is 0.400. The van der Waals surface area contributed by atoms with E-state index < -0.39 is 5.41 Å². The quantitative estimate of drug-likeness (QED) is 0.339. The highest BCUT2D eigenvalue weighted by Gasteiger charge is 2.33. The average Bonchev–Trinajstić information content (AvgIpc) is 3.18. The zero-order valence-corrected chi connectivity index (χ0v) is 21.8. The van der Waals surface area contributed by atoms with E-state index in [1.807, 2.05) is 43.3 Å². The number of aromatic nitrogens is 3. The van der Waals surface area contributed by atoms with Crippen molar-refractivity contribution in [1.82, 2.24) is 15.0 Å². The van der Waals surface area contributed by atoms with Gasteiger partial charge >= 0.3 is 0 Å². The number of hydrogen-bond donors (Lipinski definition) is 1. The van der Waals surface area contributed by atoms with Gasteiger partial charge in [0.25, 0.3) is 0 Å². The number of fused-ring (bicyclic) bond motifs is 1. The molecule has 178 valence electrons. The molecule has 0 spiro atoms. The van der Waals surface area contributed by atoms with Gasteiger partial charge in [0.15, 0.2) is 0 Å². The number of rotatable bonds is 5. The van der Waals surface area contributed by atoms with Crippen LogP contribution in [0.3, 0.4) is 0 Å². The Morgan fingerprint density at radius 3 is 2.09 bits per heavy atom. The van der Waals surface area contributed by atoms with Crippen LogP contribution in [0.1, 0.15) is 77.1 Å². The van der Waals surface area contributed by atoms with Gasteiger partial charge in [0, 0.05) is 11.0 Å². The van der Waals surface area contributed by atoms with Crippen LogP contribution in [0.5, 0.6) is 5.75 Å². The van der Waals surface area contributed by atoms with Gasteiger partial charge in [0.2, 0.25) is 0 Å². The van der Waals surface area contributed by atoms with Gasteiger partial charge in [-0.15, -0.1) is 15.0 Å². The first kappa shape index (κ1) is 24.0. The molecule has 0 aliphatic carbocycles. The molecule has 1 heterocycles. The van der Waals surface area contributed by atoms with Crippen molar-refractivity contribution in [1.29, 1.82) is 0 Å². The topological polar surface area (TPSA) is 50.9 Å². The lowest BCUT2D eigenvalue weighted by Crippen LogP contribution is -2.27. The predicted octanol–water partition coefficient (Wildman–Crippen LogP) is 7.47. The zero-order valence-electron chi connectivity index (χ0n) is 21.8. The molecule has 0 unspecified atom stereocenters. The molecule has 4 rings (SSSR count). The fourth-order valence-electron chi connectivity index (χ4n) is 5.26. The summed E-state index contributed by atoms with van der Waals surface area (Å²) < 4.78 is 0. The number of benzene rings is 3. The summed E-state index contributed by atoms with van der Waals surface area (Å²) in [5, 5.41) is 21.2. The Bertz CT molecular complexity index is 1320. The van der Waals surface area contributed by atoms with E-state index in [1.165, 1.54) is 5.56 Å². The molecule has 0 atom stereocenters. The Morgan fingerprint density at radius 1 is 0.794 bits per heavy atom. The van der Waals surface area contributed by atoms with Crippen LogP contribution in [-0.4, -0.2) is 20.1 Å². The molecule has 0 bridgehead atoms. The van der Waals surface area contributed by atoms with Gasteiger partial charge in [-0.05, 0) is 53.0 Å². The maximum absolute atomic E-state index is 11.7. The Morgan fingerprint density at radius 2 is 1.47 bits per heavy atom. The van der Waals surface area contributed by atoms with Crippen molar-refractivity contribution < 1.29 is 5.11 Å². The molecule has 4 heteroatoms. The van der Waals surface area contributed by atoms with E-state index >= 15 is 0 Å². The molecule has 0 radical (unpaired) electrons. The van der Waals surface area contributed by atoms with Crippen LogP contribution in [-0.2, 0) is 10.8 Å². The van der Waals surface area contributed by atoms with Crippen LogP contribution in [0, 0.1) is 12.3 Å². The van der Waals surface area contributed by atoms with E-state index in [0.717, 1.165) is 34.1 Å². The molecule has 0 saturated carbocycles. The number of phenols is 1. The zero-order chi connectivity index (χ0) is 24.9. The van der Waals surface area contributed by atoms with Crippen LogP contribution in [0.15, 0.2) is 60.7 Å². The average molecular weight is 456 g/mol. The Hall–Kier alpha value is -3.14. The minimum Gasteiger partial charge on any atom is -0.505 e. The van der Waals surface area contributed by atoms with Gasteiger partial charge < -0.3 is 5.11 Å². The maximum atomic E-state index is 11.7. The van der Waals surface area contributed by atoms with Crippen LogP contribution in [0.25, 0.3) is 16.7 Å². The predicted molar refractivity (Wildman–Crippen MR) is 141 cm³/mol. The second-order valence-electron chi connectivity index (χ2n) is 11.9. The first-order valence-electron chi connectivity index (χ1n) is 12.1. The smallest absolute Gasteiger partial charge is 0.147 e. The van der Waals surface area contributed by atoms with E-state index in [2.05, 4.69) is 72.7 Å². The van der Waals surface area contributed by atoms with Crippen molar-refractivity contribution >= 4 is 11.0 Å². The number of phenolic OH excluding ortho intramolecular Hbond substituents is 1. The van der Waals surface area contributed by atoms with Gasteiger partial charge in [0.05, 0.1) is 0 Å². The highest BCUT2D eigenvalue weighted by atomic mass is 16.3. The molecule has 0 amide bonds. The third kappa shape index (κ3) is 4.46. The largest absolute Gasteiger partial charge is 0.505 e. The number of aromatic hydroxyl groups is 1. The molecule has 0 saturated heterocycles. The monoisotopic (exact) mass is 455 g/mol. The molecule has 34 heavy (non-hydrogen) atoms. The van der Waals surface area contributed by atoms with E-state index in [4.69, 9.17) is 10.2 Å². The summed E-state index contributed by atoms with van der Waals surface area (Å²) in [5.41, 5.74) is 6.21. The minimum atomic E-state index is -0.406. The van der Waals surface area contributed by atoms with Gasteiger partial charge in [0.1, 0.15) is 22.5 Å². The first-order chi connectivity index (χ1) is 15.8. The van der Waals surface area contributed by atoms with Gasteiger partial charge in [-0.1, -0.05) is 97.0 Å². The SMILES string of the molecule is Cc1cccc2nn(-c3cc(C(C)(C)CC(C)(C)C)cc(C(C)(C)c4ccccc4)c3O)nc12. The Labute approximate surface area is 203 Å². The third-order valence-corrected chi connectivity index (χ3v) is 6.84. The summed E-state index contributed by atoms with van der Waals surface area (Å²) >= 11 is 0. The molecule has 1 aromatic heterocycles. The summed E-state index contributed by atoms with van der Waals surface area (Å²) in [6.07, 6.45) is 1.00. The highest BCUT2D eigenvalue weighted by Crippen LogP contribution is 2.44. The normalized spacial score (nSPS) is 12.9. The Balaban J connectivity index is 1.99. The maximum Gasteiger partial charge on any atom is 0.147 e. The summed E-state index contributed by atoms with van der Waals surface area (Å²) in [6.45, 7) is 17.8. The molecular formula is C30H37N3O. The van der Waals surface area contributed by atoms with Crippen molar-refractivity contribution in [3.8, 4) is 11.4 Å². The molecule has 4 nitrogen and oxygen atoms in total. The van der Waals surface area contributed by atoms with Gasteiger partial charge in [-0.2, -0.15) is 0 Å². The second kappa shape index (κ2) is 8.26. The van der Waals surface area contributed by atoms with Crippen molar-refractivity contribution in [2.75, 3.05) is 0 Å². The van der Waals surface area contributed by atoms with Crippen LogP contribution in [0.4, 0.5) is 0 Å². The lowest BCUT2D eigenvalue weighted by molar-refractivity contribution is 0.283. The van der Waals surface area contributed by atoms with Gasteiger partial charge in [-0.25, -0.2) is 0 Å². The lowest BCUT2D eigenvalue weighted by Gasteiger charge is -2.35. The number of hydrogen-bond acceptors (Lipinski definition) is 3. The minimum absolute atomic E-state index is 0.106. The van der Waals surface area contributed by atoms with Crippen molar-refractivity contribution in [2.24, 2.45) is 5.41 Å². The number of nitrogens with zero attached hydrogens (tertiary/aromatic N) is 3. The first-order valence-corrected chi connectivity index (χ1v) is 12.1. The van der Waals surface area contributed by atoms with Crippen molar-refractivity contribution in [3.63, 3.8) is 0 Å². The molecule has 0 aliphatic heterocycles. The molecule has 1 N–H and O–H groups in total.